The van der Waals surface area contributed by atoms with Crippen LogP contribution in [-0.2, 0) is 5.75 Å². The second kappa shape index (κ2) is 10.4. The first-order chi connectivity index (χ1) is 14.1. The van der Waals surface area contributed by atoms with Gasteiger partial charge in [0.05, 0.1) is 5.56 Å². The predicted octanol–water partition coefficient (Wildman–Crippen LogP) is 3.67. The fourth-order valence-electron chi connectivity index (χ4n) is 2.55. The molecule has 1 aromatic heterocycles. The lowest BCUT2D eigenvalue weighted by atomic mass is 10.2. The molecule has 0 aliphatic rings. The number of aromatic nitrogens is 1. The van der Waals surface area contributed by atoms with Crippen LogP contribution in [0.2, 0.25) is 0 Å². The summed E-state index contributed by atoms with van der Waals surface area (Å²) < 4.78 is 13.0. The number of benzene rings is 2. The van der Waals surface area contributed by atoms with Crippen molar-refractivity contribution in [2.45, 2.75) is 10.8 Å². The molecule has 148 valence electrons. The first kappa shape index (κ1) is 20.5. The Morgan fingerprint density at radius 1 is 0.862 bits per heavy atom. The molecule has 3 aromatic rings. The Balaban J connectivity index is 1.50. The minimum absolute atomic E-state index is 0.184. The number of hydrogen-bond donors (Lipinski definition) is 2. The Morgan fingerprint density at radius 3 is 2.28 bits per heavy atom. The van der Waals surface area contributed by atoms with E-state index in [2.05, 4.69) is 15.6 Å². The highest BCUT2D eigenvalue weighted by molar-refractivity contribution is 7.98. The number of hydrogen-bond acceptors (Lipinski definition) is 4. The summed E-state index contributed by atoms with van der Waals surface area (Å²) in [4.78, 5) is 28.8. The van der Waals surface area contributed by atoms with Crippen LogP contribution in [0.4, 0.5) is 4.39 Å². The van der Waals surface area contributed by atoms with E-state index in [0.717, 1.165) is 5.56 Å². The van der Waals surface area contributed by atoms with Gasteiger partial charge in [-0.1, -0.05) is 30.3 Å². The van der Waals surface area contributed by atoms with E-state index in [1.165, 1.54) is 23.9 Å². The normalized spacial score (nSPS) is 10.4. The smallest absolute Gasteiger partial charge is 0.254 e. The zero-order valence-corrected chi connectivity index (χ0v) is 16.4. The first-order valence-corrected chi connectivity index (χ1v) is 10.1. The van der Waals surface area contributed by atoms with E-state index in [1.54, 1.807) is 54.7 Å². The van der Waals surface area contributed by atoms with Crippen molar-refractivity contribution in [3.05, 3.63) is 95.4 Å². The van der Waals surface area contributed by atoms with Crippen LogP contribution in [0.3, 0.4) is 0 Å². The highest BCUT2D eigenvalue weighted by Gasteiger charge is 2.13. The number of carbonyl (C=O) groups is 2. The van der Waals surface area contributed by atoms with Crippen LogP contribution in [0.15, 0.2) is 78.0 Å². The molecule has 7 heteroatoms. The Labute approximate surface area is 172 Å². The van der Waals surface area contributed by atoms with Crippen molar-refractivity contribution >= 4 is 23.6 Å². The highest BCUT2D eigenvalue weighted by Crippen LogP contribution is 2.24. The van der Waals surface area contributed by atoms with Crippen LogP contribution in [-0.4, -0.2) is 29.9 Å². The number of amides is 2. The Bertz CT molecular complexity index is 965. The summed E-state index contributed by atoms with van der Waals surface area (Å²) in [5.41, 5.74) is 1.98. The Kier molecular flexibility index (Phi) is 7.35. The number of halogens is 1. The van der Waals surface area contributed by atoms with Gasteiger partial charge in [0.15, 0.2) is 0 Å². The molecule has 0 saturated carbocycles. The van der Waals surface area contributed by atoms with Crippen molar-refractivity contribution in [2.24, 2.45) is 0 Å². The SMILES string of the molecule is O=C(NCCNC(=O)c1cccnc1SCc1ccc(F)cc1)c1ccccc1. The lowest BCUT2D eigenvalue weighted by molar-refractivity contribution is 0.0926. The molecule has 0 radical (unpaired) electrons. The van der Waals surface area contributed by atoms with Gasteiger partial charge < -0.3 is 10.6 Å². The van der Waals surface area contributed by atoms with Crippen LogP contribution >= 0.6 is 11.8 Å². The second-order valence-electron chi connectivity index (χ2n) is 6.15. The number of nitrogens with one attached hydrogen (secondary N) is 2. The maximum absolute atomic E-state index is 13.0. The minimum Gasteiger partial charge on any atom is -0.350 e. The molecule has 0 atom stereocenters. The van der Waals surface area contributed by atoms with Crippen molar-refractivity contribution in [3.8, 4) is 0 Å². The molecule has 5 nitrogen and oxygen atoms in total. The summed E-state index contributed by atoms with van der Waals surface area (Å²) >= 11 is 1.41. The third-order valence-electron chi connectivity index (χ3n) is 4.04. The predicted molar refractivity (Wildman–Crippen MR) is 111 cm³/mol. The van der Waals surface area contributed by atoms with Crippen molar-refractivity contribution in [1.29, 1.82) is 0 Å². The quantitative estimate of drug-likeness (QED) is 0.440. The number of nitrogens with zero attached hydrogens (tertiary/aromatic N) is 1. The third kappa shape index (κ3) is 6.15. The maximum Gasteiger partial charge on any atom is 0.254 e. The molecule has 29 heavy (non-hydrogen) atoms. The van der Waals surface area contributed by atoms with E-state index >= 15 is 0 Å². The van der Waals surface area contributed by atoms with Gasteiger partial charge in [-0.05, 0) is 42.0 Å². The van der Waals surface area contributed by atoms with E-state index in [1.807, 2.05) is 6.07 Å². The third-order valence-corrected chi connectivity index (χ3v) is 5.11. The largest absolute Gasteiger partial charge is 0.350 e. The summed E-state index contributed by atoms with van der Waals surface area (Å²) in [6.07, 6.45) is 1.63. The molecule has 1 heterocycles. The van der Waals surface area contributed by atoms with Crippen LogP contribution in [0.1, 0.15) is 26.3 Å². The Hall–Kier alpha value is -3.19. The summed E-state index contributed by atoms with van der Waals surface area (Å²) in [6, 6.07) is 18.5. The summed E-state index contributed by atoms with van der Waals surface area (Å²) in [7, 11) is 0. The lowest BCUT2D eigenvalue weighted by Gasteiger charge is -2.10. The fraction of sp³-hybridized carbons (Fsp3) is 0.136. The molecule has 0 saturated heterocycles. The van der Waals surface area contributed by atoms with E-state index in [-0.39, 0.29) is 17.6 Å². The molecular weight excluding hydrogens is 389 g/mol. The van der Waals surface area contributed by atoms with Crippen molar-refractivity contribution in [1.82, 2.24) is 15.6 Å². The molecule has 2 aromatic carbocycles. The molecule has 0 spiro atoms. The highest BCUT2D eigenvalue weighted by atomic mass is 32.2. The monoisotopic (exact) mass is 409 g/mol. The number of carbonyl (C=O) groups excluding carboxylic acids is 2. The minimum atomic E-state index is -0.281. The van der Waals surface area contributed by atoms with Crippen LogP contribution in [0, 0.1) is 5.82 Å². The summed E-state index contributed by atoms with van der Waals surface area (Å²) in [5.74, 6) is -0.147. The van der Waals surface area contributed by atoms with Gasteiger partial charge in [0, 0.05) is 30.6 Å². The second-order valence-corrected chi connectivity index (χ2v) is 7.11. The standard InChI is InChI=1S/C22H20FN3O2S/c23-18-10-8-16(9-11-18)15-29-22-19(7-4-12-26-22)21(28)25-14-13-24-20(27)17-5-2-1-3-6-17/h1-12H,13-15H2,(H,24,27)(H,25,28). The van der Waals surface area contributed by atoms with E-state index in [9.17, 15) is 14.0 Å². The zero-order valence-electron chi connectivity index (χ0n) is 15.6. The van der Waals surface area contributed by atoms with Gasteiger partial charge in [-0.3, -0.25) is 9.59 Å². The van der Waals surface area contributed by atoms with E-state index in [0.29, 0.717) is 35.0 Å². The maximum atomic E-state index is 13.0. The lowest BCUT2D eigenvalue weighted by Crippen LogP contribution is -2.34. The van der Waals surface area contributed by atoms with Gasteiger partial charge in [-0.25, -0.2) is 9.37 Å². The molecule has 0 fully saturated rings. The number of thioether (sulfide) groups is 1. The molecule has 0 aliphatic heterocycles. The van der Waals surface area contributed by atoms with Gasteiger partial charge in [-0.2, -0.15) is 0 Å². The van der Waals surface area contributed by atoms with E-state index in [4.69, 9.17) is 0 Å². The van der Waals surface area contributed by atoms with Gasteiger partial charge in [0.2, 0.25) is 0 Å². The zero-order chi connectivity index (χ0) is 20.5. The van der Waals surface area contributed by atoms with E-state index < -0.39 is 0 Å². The molecule has 2 amide bonds. The average molecular weight is 409 g/mol. The first-order valence-electron chi connectivity index (χ1n) is 9.07. The number of rotatable bonds is 8. The van der Waals surface area contributed by atoms with Crippen LogP contribution < -0.4 is 10.6 Å². The summed E-state index contributed by atoms with van der Waals surface area (Å²) in [5, 5.41) is 6.16. The molecule has 0 bridgehead atoms. The topological polar surface area (TPSA) is 71.1 Å². The van der Waals surface area contributed by atoms with Gasteiger partial charge >= 0.3 is 0 Å². The van der Waals surface area contributed by atoms with Crippen LogP contribution in [0.25, 0.3) is 0 Å². The van der Waals surface area contributed by atoms with Gasteiger partial charge in [0.1, 0.15) is 10.8 Å². The summed E-state index contributed by atoms with van der Waals surface area (Å²) in [6.45, 7) is 0.617. The molecule has 2 N–H and O–H groups in total. The number of pyridine rings is 1. The van der Waals surface area contributed by atoms with Crippen molar-refractivity contribution < 1.29 is 14.0 Å². The molecular formula is C22H20FN3O2S. The molecule has 3 rings (SSSR count). The Morgan fingerprint density at radius 2 is 1.55 bits per heavy atom. The van der Waals surface area contributed by atoms with Crippen molar-refractivity contribution in [2.75, 3.05) is 13.1 Å². The van der Waals surface area contributed by atoms with Crippen LogP contribution in [0.5, 0.6) is 0 Å². The van der Waals surface area contributed by atoms with Gasteiger partial charge in [0.25, 0.3) is 11.8 Å². The molecule has 0 aliphatic carbocycles. The fourth-order valence-corrected chi connectivity index (χ4v) is 3.50. The molecule has 0 unspecified atom stereocenters. The average Bonchev–Trinajstić information content (AvgIpc) is 2.77. The van der Waals surface area contributed by atoms with Gasteiger partial charge in [-0.15, -0.1) is 11.8 Å². The van der Waals surface area contributed by atoms with Crippen molar-refractivity contribution in [3.63, 3.8) is 0 Å².